The van der Waals surface area contributed by atoms with Crippen molar-refractivity contribution in [2.75, 3.05) is 6.54 Å². The molecule has 1 aliphatic heterocycles. The normalized spacial score (nSPS) is 21.6. The number of halogens is 1. The molecular weight excluding hydrogens is 290 g/mol. The lowest BCUT2D eigenvalue weighted by atomic mass is 10.0. The minimum absolute atomic E-state index is 0.685. The number of aromatic amines is 1. The molecule has 1 unspecified atom stereocenters. The van der Waals surface area contributed by atoms with E-state index in [-0.39, 0.29) is 0 Å². The summed E-state index contributed by atoms with van der Waals surface area (Å²) in [5.74, 6) is 0. The zero-order chi connectivity index (χ0) is 12.5. The highest BCUT2D eigenvalue weighted by Gasteiger charge is 2.20. The molecule has 0 saturated carbocycles. The Morgan fingerprint density at radius 3 is 3.17 bits per heavy atom. The number of hydrogen-bond acceptors (Lipinski definition) is 2. The van der Waals surface area contributed by atoms with Gasteiger partial charge in [-0.15, -0.1) is 0 Å². The predicted molar refractivity (Wildman–Crippen MR) is 77.5 cm³/mol. The lowest BCUT2D eigenvalue weighted by Crippen LogP contribution is -2.36. The first-order valence-electron chi connectivity index (χ1n) is 6.61. The molecule has 0 aromatic carbocycles. The van der Waals surface area contributed by atoms with E-state index < -0.39 is 0 Å². The summed E-state index contributed by atoms with van der Waals surface area (Å²) in [7, 11) is 0. The van der Waals surface area contributed by atoms with Crippen LogP contribution in [-0.2, 0) is 6.54 Å². The number of H-pyrrole nitrogens is 1. The van der Waals surface area contributed by atoms with Crippen LogP contribution in [0.25, 0.3) is 11.0 Å². The molecule has 1 atom stereocenters. The Morgan fingerprint density at radius 2 is 2.39 bits per heavy atom. The molecule has 3 heterocycles. The molecule has 1 saturated heterocycles. The van der Waals surface area contributed by atoms with Gasteiger partial charge in [0.2, 0.25) is 0 Å². The summed E-state index contributed by atoms with van der Waals surface area (Å²) in [6, 6.07) is 4.77. The lowest BCUT2D eigenvalue weighted by molar-refractivity contribution is 0.151. The Kier molecular flexibility index (Phi) is 3.39. The molecule has 2 aromatic rings. The van der Waals surface area contributed by atoms with Gasteiger partial charge in [-0.25, -0.2) is 4.98 Å². The second-order valence-electron chi connectivity index (χ2n) is 5.13. The number of hydrogen-bond donors (Lipinski definition) is 1. The Bertz CT molecular complexity index is 549. The molecular formula is C14H18BrN3. The summed E-state index contributed by atoms with van der Waals surface area (Å²) in [6.07, 6.45) is 5.84. The van der Waals surface area contributed by atoms with E-state index >= 15 is 0 Å². The van der Waals surface area contributed by atoms with Gasteiger partial charge in [0.1, 0.15) is 5.65 Å². The van der Waals surface area contributed by atoms with Gasteiger partial charge >= 0.3 is 0 Å². The van der Waals surface area contributed by atoms with Gasteiger partial charge in [-0.3, -0.25) is 4.90 Å². The number of nitrogens with zero attached hydrogens (tertiary/aromatic N) is 2. The molecule has 1 fully saturated rings. The highest BCUT2D eigenvalue weighted by atomic mass is 79.9. The maximum Gasteiger partial charge on any atom is 0.138 e. The van der Waals surface area contributed by atoms with Crippen LogP contribution in [0.5, 0.6) is 0 Å². The molecule has 0 aliphatic carbocycles. The van der Waals surface area contributed by atoms with Crippen LogP contribution in [0.3, 0.4) is 0 Å². The Hall–Kier alpha value is -0.870. The van der Waals surface area contributed by atoms with Crippen molar-refractivity contribution in [1.29, 1.82) is 0 Å². The van der Waals surface area contributed by atoms with E-state index in [2.05, 4.69) is 43.8 Å². The fourth-order valence-corrected chi connectivity index (χ4v) is 3.29. The number of aromatic nitrogens is 2. The first-order valence-corrected chi connectivity index (χ1v) is 7.40. The third-order valence-electron chi connectivity index (χ3n) is 3.88. The van der Waals surface area contributed by atoms with Crippen LogP contribution in [0.1, 0.15) is 31.9 Å². The van der Waals surface area contributed by atoms with E-state index in [0.29, 0.717) is 6.04 Å². The molecule has 0 spiro atoms. The summed E-state index contributed by atoms with van der Waals surface area (Å²) in [5.41, 5.74) is 2.22. The Morgan fingerprint density at radius 1 is 1.50 bits per heavy atom. The van der Waals surface area contributed by atoms with E-state index in [0.717, 1.165) is 12.2 Å². The van der Waals surface area contributed by atoms with Crippen molar-refractivity contribution < 1.29 is 0 Å². The van der Waals surface area contributed by atoms with Gasteiger partial charge in [-0.1, -0.05) is 6.42 Å². The zero-order valence-corrected chi connectivity index (χ0v) is 12.2. The number of fused-ring (bicyclic) bond motifs is 1. The van der Waals surface area contributed by atoms with Crippen molar-refractivity contribution in [3.8, 4) is 0 Å². The van der Waals surface area contributed by atoms with Gasteiger partial charge in [0.15, 0.2) is 0 Å². The Balaban J connectivity index is 1.88. The number of nitrogens with one attached hydrogen (secondary N) is 1. The van der Waals surface area contributed by atoms with Gasteiger partial charge in [0, 0.05) is 34.3 Å². The standard InChI is InChI=1S/C14H18BrN3/c1-10-5-2-3-8-18(10)9-12-13(15)11-6-4-7-16-14(11)17-12/h4,6-7,10H,2-3,5,8-9H2,1H3,(H,16,17). The summed E-state index contributed by atoms with van der Waals surface area (Å²) in [4.78, 5) is 10.4. The fourth-order valence-electron chi connectivity index (χ4n) is 2.75. The topological polar surface area (TPSA) is 31.9 Å². The van der Waals surface area contributed by atoms with Crippen molar-refractivity contribution in [1.82, 2.24) is 14.9 Å². The van der Waals surface area contributed by atoms with Crippen LogP contribution < -0.4 is 0 Å². The highest BCUT2D eigenvalue weighted by molar-refractivity contribution is 9.10. The van der Waals surface area contributed by atoms with Crippen molar-refractivity contribution >= 4 is 27.0 Å². The molecule has 0 amide bonds. The van der Waals surface area contributed by atoms with E-state index in [1.165, 1.54) is 41.4 Å². The fraction of sp³-hybridized carbons (Fsp3) is 0.500. The average molecular weight is 308 g/mol. The largest absolute Gasteiger partial charge is 0.341 e. The zero-order valence-electron chi connectivity index (χ0n) is 10.6. The van der Waals surface area contributed by atoms with Gasteiger partial charge in [-0.05, 0) is 54.4 Å². The molecule has 96 valence electrons. The molecule has 0 bridgehead atoms. The van der Waals surface area contributed by atoms with Crippen molar-refractivity contribution in [2.45, 2.75) is 38.8 Å². The molecule has 1 aliphatic rings. The number of likely N-dealkylation sites (tertiary alicyclic amines) is 1. The van der Waals surface area contributed by atoms with E-state index in [1.807, 2.05) is 12.3 Å². The third-order valence-corrected chi connectivity index (χ3v) is 4.79. The maximum absolute atomic E-state index is 4.37. The second kappa shape index (κ2) is 5.02. The first-order chi connectivity index (χ1) is 8.75. The molecule has 0 radical (unpaired) electrons. The number of rotatable bonds is 2. The van der Waals surface area contributed by atoms with E-state index in [1.54, 1.807) is 0 Å². The van der Waals surface area contributed by atoms with Crippen LogP contribution in [0.4, 0.5) is 0 Å². The predicted octanol–water partition coefficient (Wildman–Crippen LogP) is 3.70. The molecule has 1 N–H and O–H groups in total. The number of piperidine rings is 1. The summed E-state index contributed by atoms with van der Waals surface area (Å²) < 4.78 is 1.17. The summed E-state index contributed by atoms with van der Waals surface area (Å²) in [5, 5.41) is 1.18. The minimum atomic E-state index is 0.685. The van der Waals surface area contributed by atoms with Crippen LogP contribution in [0.2, 0.25) is 0 Å². The molecule has 3 rings (SSSR count). The summed E-state index contributed by atoms with van der Waals surface area (Å²) in [6.45, 7) is 4.52. The molecule has 3 nitrogen and oxygen atoms in total. The third kappa shape index (κ3) is 2.19. The van der Waals surface area contributed by atoms with Crippen LogP contribution >= 0.6 is 15.9 Å². The maximum atomic E-state index is 4.37. The van der Waals surface area contributed by atoms with Crippen LogP contribution in [-0.4, -0.2) is 27.5 Å². The molecule has 4 heteroatoms. The SMILES string of the molecule is CC1CCCCN1Cc1[nH]c2ncccc2c1Br. The van der Waals surface area contributed by atoms with Gasteiger partial charge in [-0.2, -0.15) is 0 Å². The quantitative estimate of drug-likeness (QED) is 0.917. The molecule has 2 aromatic heterocycles. The highest BCUT2D eigenvalue weighted by Crippen LogP contribution is 2.29. The smallest absolute Gasteiger partial charge is 0.138 e. The van der Waals surface area contributed by atoms with Crippen LogP contribution in [0, 0.1) is 0 Å². The van der Waals surface area contributed by atoms with E-state index in [9.17, 15) is 0 Å². The lowest BCUT2D eigenvalue weighted by Gasteiger charge is -2.33. The van der Waals surface area contributed by atoms with Crippen molar-refractivity contribution in [3.63, 3.8) is 0 Å². The average Bonchev–Trinajstić information content (AvgIpc) is 2.70. The van der Waals surface area contributed by atoms with E-state index in [4.69, 9.17) is 0 Å². The van der Waals surface area contributed by atoms with Crippen LogP contribution in [0.15, 0.2) is 22.8 Å². The second-order valence-corrected chi connectivity index (χ2v) is 5.93. The Labute approximate surface area is 116 Å². The van der Waals surface area contributed by atoms with Gasteiger partial charge in [0.25, 0.3) is 0 Å². The van der Waals surface area contributed by atoms with Gasteiger partial charge < -0.3 is 4.98 Å². The van der Waals surface area contributed by atoms with Gasteiger partial charge in [0.05, 0.1) is 0 Å². The van der Waals surface area contributed by atoms with Crippen molar-refractivity contribution in [2.24, 2.45) is 0 Å². The minimum Gasteiger partial charge on any atom is -0.341 e. The summed E-state index contributed by atoms with van der Waals surface area (Å²) >= 11 is 3.70. The number of pyridine rings is 1. The van der Waals surface area contributed by atoms with Crippen molar-refractivity contribution in [3.05, 3.63) is 28.5 Å². The first kappa shape index (κ1) is 12.2. The molecule has 18 heavy (non-hydrogen) atoms. The monoisotopic (exact) mass is 307 g/mol.